The summed E-state index contributed by atoms with van der Waals surface area (Å²) in [5, 5.41) is 8.91. The zero-order chi connectivity index (χ0) is 9.19. The normalized spacial score (nSPS) is 18.7. The van der Waals surface area contributed by atoms with Crippen LogP contribution in [-0.4, -0.2) is 24.3 Å². The summed E-state index contributed by atoms with van der Waals surface area (Å²) in [6.45, 7) is 4.65. The second-order valence-corrected chi connectivity index (χ2v) is 3.48. The molecule has 12 heavy (non-hydrogen) atoms. The van der Waals surface area contributed by atoms with Gasteiger partial charge in [-0.15, -0.1) is 0 Å². The number of rotatable bonds is 2. The van der Waals surface area contributed by atoms with Crippen LogP contribution in [0, 0.1) is 5.41 Å². The molecule has 0 spiro atoms. The molecule has 68 valence electrons. The largest absolute Gasteiger partial charge is 0.481 e. The van der Waals surface area contributed by atoms with Crippen LogP contribution in [0.1, 0.15) is 20.3 Å². The minimum absolute atomic E-state index is 0.548. The van der Waals surface area contributed by atoms with E-state index in [0.717, 1.165) is 12.0 Å². The molecule has 0 saturated carbocycles. The van der Waals surface area contributed by atoms with Crippen LogP contribution >= 0.6 is 0 Å². The number of aliphatic carboxylic acids is 1. The van der Waals surface area contributed by atoms with Crippen molar-refractivity contribution in [3.05, 3.63) is 11.6 Å². The number of carbonyl (C=O) groups is 1. The molecule has 0 atom stereocenters. The first kappa shape index (κ1) is 9.26. The van der Waals surface area contributed by atoms with Crippen molar-refractivity contribution in [2.45, 2.75) is 20.3 Å². The average molecular weight is 170 g/mol. The minimum atomic E-state index is -0.768. The molecule has 3 nitrogen and oxygen atoms in total. The second kappa shape index (κ2) is 3.27. The van der Waals surface area contributed by atoms with Gasteiger partial charge in [-0.3, -0.25) is 4.79 Å². The predicted octanol–water partition coefficient (Wildman–Crippen LogP) is 1.44. The molecular formula is C9H14O3. The lowest BCUT2D eigenvalue weighted by atomic mass is 9.82. The first-order valence-corrected chi connectivity index (χ1v) is 4.06. The van der Waals surface area contributed by atoms with Crippen LogP contribution in [0.5, 0.6) is 0 Å². The van der Waals surface area contributed by atoms with E-state index in [1.54, 1.807) is 13.8 Å². The van der Waals surface area contributed by atoms with Crippen LogP contribution in [0.4, 0.5) is 0 Å². The minimum Gasteiger partial charge on any atom is -0.481 e. The lowest BCUT2D eigenvalue weighted by molar-refractivity contribution is -0.145. The third-order valence-electron chi connectivity index (χ3n) is 2.30. The van der Waals surface area contributed by atoms with E-state index < -0.39 is 11.4 Å². The van der Waals surface area contributed by atoms with Crippen LogP contribution < -0.4 is 0 Å². The molecule has 0 amide bonds. The Morgan fingerprint density at radius 3 is 2.75 bits per heavy atom. The van der Waals surface area contributed by atoms with Gasteiger partial charge in [0, 0.05) is 0 Å². The quantitative estimate of drug-likeness (QED) is 0.638. The zero-order valence-corrected chi connectivity index (χ0v) is 7.46. The van der Waals surface area contributed by atoms with E-state index in [0.29, 0.717) is 13.2 Å². The molecule has 1 heterocycles. The first-order chi connectivity index (χ1) is 5.55. The van der Waals surface area contributed by atoms with Crippen molar-refractivity contribution in [3.63, 3.8) is 0 Å². The van der Waals surface area contributed by atoms with Gasteiger partial charge < -0.3 is 9.84 Å². The fraction of sp³-hybridized carbons (Fsp3) is 0.667. The fourth-order valence-electron chi connectivity index (χ4n) is 1.23. The Bertz CT molecular complexity index is 216. The maximum absolute atomic E-state index is 10.8. The van der Waals surface area contributed by atoms with Gasteiger partial charge in [-0.05, 0) is 20.3 Å². The van der Waals surface area contributed by atoms with Crippen molar-refractivity contribution >= 4 is 5.97 Å². The highest BCUT2D eigenvalue weighted by Gasteiger charge is 2.31. The van der Waals surface area contributed by atoms with Crippen molar-refractivity contribution in [2.24, 2.45) is 5.41 Å². The molecule has 1 aliphatic heterocycles. The number of ether oxygens (including phenoxy) is 1. The van der Waals surface area contributed by atoms with E-state index in [1.807, 2.05) is 6.08 Å². The standard InChI is InChI=1S/C9H14O3/c1-9(2,8(10)11)7-3-5-12-6-4-7/h3H,4-6H2,1-2H3,(H,10,11). The monoisotopic (exact) mass is 170 g/mol. The summed E-state index contributed by atoms with van der Waals surface area (Å²) in [4.78, 5) is 10.8. The van der Waals surface area contributed by atoms with Gasteiger partial charge in [-0.2, -0.15) is 0 Å². The van der Waals surface area contributed by atoms with Crippen molar-refractivity contribution in [1.82, 2.24) is 0 Å². The maximum Gasteiger partial charge on any atom is 0.313 e. The van der Waals surface area contributed by atoms with E-state index in [-0.39, 0.29) is 0 Å². The van der Waals surface area contributed by atoms with Crippen LogP contribution in [-0.2, 0) is 9.53 Å². The Labute approximate surface area is 72.0 Å². The highest BCUT2D eigenvalue weighted by atomic mass is 16.5. The van der Waals surface area contributed by atoms with E-state index in [2.05, 4.69) is 0 Å². The van der Waals surface area contributed by atoms with E-state index in [9.17, 15) is 4.79 Å². The first-order valence-electron chi connectivity index (χ1n) is 4.06. The molecule has 0 aromatic rings. The molecule has 0 aromatic carbocycles. The molecule has 1 aliphatic rings. The van der Waals surface area contributed by atoms with Crippen molar-refractivity contribution in [2.75, 3.05) is 13.2 Å². The molecule has 0 aliphatic carbocycles. The van der Waals surface area contributed by atoms with Crippen LogP contribution in [0.15, 0.2) is 11.6 Å². The lowest BCUT2D eigenvalue weighted by Crippen LogP contribution is -2.28. The molecule has 1 rings (SSSR count). The highest BCUT2D eigenvalue weighted by Crippen LogP contribution is 2.30. The summed E-state index contributed by atoms with van der Waals surface area (Å²) in [6, 6.07) is 0. The average Bonchev–Trinajstić information content (AvgIpc) is 2.06. The summed E-state index contributed by atoms with van der Waals surface area (Å²) in [5.74, 6) is -0.768. The Morgan fingerprint density at radius 2 is 2.33 bits per heavy atom. The van der Waals surface area contributed by atoms with Gasteiger partial charge in [0.25, 0.3) is 0 Å². The SMILES string of the molecule is CC(C)(C(=O)O)C1=CCOCC1. The Morgan fingerprint density at radius 1 is 1.67 bits per heavy atom. The summed E-state index contributed by atoms with van der Waals surface area (Å²) in [7, 11) is 0. The third-order valence-corrected chi connectivity index (χ3v) is 2.30. The third kappa shape index (κ3) is 1.67. The number of carboxylic acid groups (broad SMARTS) is 1. The van der Waals surface area contributed by atoms with Crippen molar-refractivity contribution in [1.29, 1.82) is 0 Å². The van der Waals surface area contributed by atoms with Crippen LogP contribution in [0.25, 0.3) is 0 Å². The van der Waals surface area contributed by atoms with E-state index in [1.165, 1.54) is 0 Å². The van der Waals surface area contributed by atoms with Gasteiger partial charge in [0.15, 0.2) is 0 Å². The Kier molecular flexibility index (Phi) is 2.52. The van der Waals surface area contributed by atoms with Crippen molar-refractivity contribution in [3.8, 4) is 0 Å². The van der Waals surface area contributed by atoms with Gasteiger partial charge >= 0.3 is 5.97 Å². The molecule has 3 heteroatoms. The molecule has 0 saturated heterocycles. The Balaban J connectivity index is 2.79. The number of hydrogen-bond donors (Lipinski definition) is 1. The van der Waals surface area contributed by atoms with E-state index in [4.69, 9.17) is 9.84 Å². The predicted molar refractivity (Wildman–Crippen MR) is 44.9 cm³/mol. The molecule has 0 radical (unpaired) electrons. The summed E-state index contributed by atoms with van der Waals surface area (Å²) >= 11 is 0. The molecule has 0 aromatic heterocycles. The summed E-state index contributed by atoms with van der Waals surface area (Å²) in [6.07, 6.45) is 2.61. The van der Waals surface area contributed by atoms with Crippen LogP contribution in [0.3, 0.4) is 0 Å². The van der Waals surface area contributed by atoms with E-state index >= 15 is 0 Å². The zero-order valence-electron chi connectivity index (χ0n) is 7.46. The van der Waals surface area contributed by atoms with Gasteiger partial charge in [-0.1, -0.05) is 11.6 Å². The lowest BCUT2D eigenvalue weighted by Gasteiger charge is -2.25. The highest BCUT2D eigenvalue weighted by molar-refractivity contribution is 5.77. The molecule has 0 unspecified atom stereocenters. The number of hydrogen-bond acceptors (Lipinski definition) is 2. The smallest absolute Gasteiger partial charge is 0.313 e. The van der Waals surface area contributed by atoms with Gasteiger partial charge in [-0.25, -0.2) is 0 Å². The molecule has 0 fully saturated rings. The van der Waals surface area contributed by atoms with Gasteiger partial charge in [0.1, 0.15) is 0 Å². The summed E-state index contributed by atoms with van der Waals surface area (Å²) in [5.41, 5.74) is 0.241. The van der Waals surface area contributed by atoms with Crippen LogP contribution in [0.2, 0.25) is 0 Å². The molecule has 1 N–H and O–H groups in total. The second-order valence-electron chi connectivity index (χ2n) is 3.48. The maximum atomic E-state index is 10.8. The summed E-state index contributed by atoms with van der Waals surface area (Å²) < 4.78 is 5.11. The molecular weight excluding hydrogens is 156 g/mol. The number of carboxylic acids is 1. The van der Waals surface area contributed by atoms with Crippen molar-refractivity contribution < 1.29 is 14.6 Å². The van der Waals surface area contributed by atoms with Gasteiger partial charge in [0.2, 0.25) is 0 Å². The fourth-order valence-corrected chi connectivity index (χ4v) is 1.23. The molecule has 0 bridgehead atoms. The Hall–Kier alpha value is -0.830. The topological polar surface area (TPSA) is 46.5 Å². The van der Waals surface area contributed by atoms with Gasteiger partial charge in [0.05, 0.1) is 18.6 Å².